The third kappa shape index (κ3) is 4.26. The number of benzene rings is 1. The lowest BCUT2D eigenvalue weighted by molar-refractivity contribution is -0.129. The number of carbonyl (C=O) groups is 2. The first-order valence-corrected chi connectivity index (χ1v) is 8.75. The van der Waals surface area contributed by atoms with E-state index in [1.54, 1.807) is 13.0 Å². The van der Waals surface area contributed by atoms with Gasteiger partial charge in [0.15, 0.2) is 11.8 Å². The van der Waals surface area contributed by atoms with Crippen LogP contribution in [0, 0.1) is 0 Å². The van der Waals surface area contributed by atoms with E-state index in [0.29, 0.717) is 11.9 Å². The summed E-state index contributed by atoms with van der Waals surface area (Å²) < 4.78 is 5.26. The predicted molar refractivity (Wildman–Crippen MR) is 95.1 cm³/mol. The molecule has 25 heavy (non-hydrogen) atoms. The minimum absolute atomic E-state index is 0.197. The fraction of sp³-hybridized carbons (Fsp3) is 0.421. The Hall–Kier alpha value is -2.63. The van der Waals surface area contributed by atoms with Gasteiger partial charge in [0.25, 0.3) is 5.91 Å². The van der Waals surface area contributed by atoms with Crippen LogP contribution in [0.25, 0.3) is 10.9 Å². The Labute approximate surface area is 146 Å². The molecule has 1 aromatic carbocycles. The number of amides is 1. The maximum Gasteiger partial charge on any atom is 0.360 e. The average molecular weight is 341 g/mol. The zero-order chi connectivity index (χ0) is 17.6. The van der Waals surface area contributed by atoms with Crippen molar-refractivity contribution in [1.29, 1.82) is 0 Å². The molecule has 0 saturated carbocycles. The third-order valence-electron chi connectivity index (χ3n) is 4.45. The Morgan fingerprint density at radius 3 is 2.96 bits per heavy atom. The number of esters is 1. The number of aromatic nitrogens is 2. The van der Waals surface area contributed by atoms with Crippen molar-refractivity contribution in [2.45, 2.75) is 45.1 Å². The van der Waals surface area contributed by atoms with Crippen LogP contribution >= 0.6 is 0 Å². The fourth-order valence-corrected chi connectivity index (χ4v) is 3.01. The summed E-state index contributed by atoms with van der Waals surface area (Å²) in [4.78, 5) is 24.4. The van der Waals surface area contributed by atoms with Crippen molar-refractivity contribution in [2.24, 2.45) is 0 Å². The molecule has 1 heterocycles. The van der Waals surface area contributed by atoms with Gasteiger partial charge in [0, 0.05) is 11.9 Å². The lowest BCUT2D eigenvalue weighted by atomic mass is 9.97. The van der Waals surface area contributed by atoms with Gasteiger partial charge in [-0.3, -0.25) is 9.89 Å². The van der Waals surface area contributed by atoms with E-state index in [2.05, 4.69) is 21.6 Å². The second-order valence-corrected chi connectivity index (χ2v) is 6.31. The number of nitrogens with one attached hydrogen (secondary N) is 2. The van der Waals surface area contributed by atoms with Gasteiger partial charge in [-0.15, -0.1) is 0 Å². The van der Waals surface area contributed by atoms with E-state index in [1.165, 1.54) is 18.4 Å². The Bertz CT molecular complexity index is 794. The van der Waals surface area contributed by atoms with Crippen LogP contribution in [-0.2, 0) is 9.53 Å². The summed E-state index contributed by atoms with van der Waals surface area (Å²) in [5.74, 6) is -0.889. The van der Waals surface area contributed by atoms with E-state index in [0.717, 1.165) is 24.8 Å². The van der Waals surface area contributed by atoms with Crippen LogP contribution in [0.4, 0.5) is 0 Å². The molecule has 1 aromatic heterocycles. The highest BCUT2D eigenvalue weighted by Gasteiger charge is 2.22. The second kappa shape index (κ2) is 7.96. The maximum atomic E-state index is 12.3. The molecule has 1 unspecified atom stereocenters. The number of ether oxygens (including phenoxy) is 1. The molecule has 6 nitrogen and oxygen atoms in total. The fourth-order valence-electron chi connectivity index (χ4n) is 3.01. The molecule has 132 valence electrons. The lowest BCUT2D eigenvalue weighted by Crippen LogP contribution is -2.36. The zero-order valence-corrected chi connectivity index (χ0v) is 14.4. The summed E-state index contributed by atoms with van der Waals surface area (Å²) in [5, 5.41) is 10.3. The molecule has 0 bridgehead atoms. The summed E-state index contributed by atoms with van der Waals surface area (Å²) in [5.41, 5.74) is 2.36. The number of nitrogens with zero attached hydrogens (tertiary/aromatic N) is 1. The Kier molecular flexibility index (Phi) is 5.48. The highest BCUT2D eigenvalue weighted by molar-refractivity contribution is 6.02. The molecule has 1 atom stereocenters. The number of allylic oxidation sites excluding steroid dienone is 1. The average Bonchev–Trinajstić information content (AvgIpc) is 3.06. The normalized spacial score (nSPS) is 15.5. The van der Waals surface area contributed by atoms with Gasteiger partial charge in [-0.1, -0.05) is 29.8 Å². The van der Waals surface area contributed by atoms with E-state index in [-0.39, 0.29) is 11.6 Å². The Morgan fingerprint density at radius 2 is 2.16 bits per heavy atom. The largest absolute Gasteiger partial charge is 0.448 e. The van der Waals surface area contributed by atoms with Crippen LogP contribution in [0.3, 0.4) is 0 Å². The van der Waals surface area contributed by atoms with E-state index in [1.807, 2.05) is 18.2 Å². The molecule has 1 amide bonds. The van der Waals surface area contributed by atoms with Gasteiger partial charge in [-0.25, -0.2) is 4.79 Å². The van der Waals surface area contributed by atoms with Crippen LogP contribution in [0.2, 0.25) is 0 Å². The van der Waals surface area contributed by atoms with E-state index in [9.17, 15) is 9.59 Å². The molecular formula is C19H23N3O3. The first-order valence-electron chi connectivity index (χ1n) is 8.75. The quantitative estimate of drug-likeness (QED) is 0.624. The SMILES string of the molecule is CC(OC(=O)c1n[nH]c2ccccc12)C(=O)NCCC1=CCCCC1. The Balaban J connectivity index is 1.50. The lowest BCUT2D eigenvalue weighted by Gasteiger charge is -2.15. The zero-order valence-electron chi connectivity index (χ0n) is 14.4. The standard InChI is InChI=1S/C19H23N3O3/c1-13(18(23)20-12-11-14-7-3-2-4-8-14)25-19(24)17-15-9-5-6-10-16(15)21-22-17/h5-7,9-10,13H,2-4,8,11-12H2,1H3,(H,20,23)(H,21,22). The minimum Gasteiger partial charge on any atom is -0.448 e. The van der Waals surface area contributed by atoms with Gasteiger partial charge < -0.3 is 10.1 Å². The molecule has 0 fully saturated rings. The summed E-state index contributed by atoms with van der Waals surface area (Å²) in [7, 11) is 0. The summed E-state index contributed by atoms with van der Waals surface area (Å²) in [6.45, 7) is 2.14. The van der Waals surface area contributed by atoms with Gasteiger partial charge in [-0.05, 0) is 45.1 Å². The number of hydrogen-bond donors (Lipinski definition) is 2. The molecule has 0 aliphatic heterocycles. The van der Waals surface area contributed by atoms with Gasteiger partial charge in [0.1, 0.15) is 0 Å². The van der Waals surface area contributed by atoms with Crippen molar-refractivity contribution < 1.29 is 14.3 Å². The number of H-pyrrole nitrogens is 1. The van der Waals surface area contributed by atoms with Crippen LogP contribution < -0.4 is 5.32 Å². The molecule has 1 aliphatic carbocycles. The Morgan fingerprint density at radius 1 is 1.32 bits per heavy atom. The molecule has 0 saturated heterocycles. The summed E-state index contributed by atoms with van der Waals surface area (Å²) in [6, 6.07) is 7.30. The van der Waals surface area contributed by atoms with Gasteiger partial charge in [-0.2, -0.15) is 5.10 Å². The van der Waals surface area contributed by atoms with Gasteiger partial charge in [0.2, 0.25) is 0 Å². The number of para-hydroxylation sites is 1. The van der Waals surface area contributed by atoms with E-state index >= 15 is 0 Å². The monoisotopic (exact) mass is 341 g/mol. The van der Waals surface area contributed by atoms with E-state index in [4.69, 9.17) is 4.74 Å². The highest BCUT2D eigenvalue weighted by atomic mass is 16.5. The highest BCUT2D eigenvalue weighted by Crippen LogP contribution is 2.19. The van der Waals surface area contributed by atoms with Crippen LogP contribution in [0.15, 0.2) is 35.9 Å². The number of carbonyl (C=O) groups excluding carboxylic acids is 2. The third-order valence-corrected chi connectivity index (χ3v) is 4.45. The molecule has 0 spiro atoms. The van der Waals surface area contributed by atoms with Crippen molar-refractivity contribution in [1.82, 2.24) is 15.5 Å². The summed E-state index contributed by atoms with van der Waals surface area (Å²) in [6.07, 6.45) is 7.00. The van der Waals surface area contributed by atoms with Crippen LogP contribution in [0.5, 0.6) is 0 Å². The second-order valence-electron chi connectivity index (χ2n) is 6.31. The molecular weight excluding hydrogens is 318 g/mol. The van der Waals surface area contributed by atoms with Gasteiger partial charge in [0.05, 0.1) is 5.52 Å². The molecule has 1 aliphatic rings. The number of hydrogen-bond acceptors (Lipinski definition) is 4. The van der Waals surface area contributed by atoms with Crippen molar-refractivity contribution in [3.05, 3.63) is 41.6 Å². The van der Waals surface area contributed by atoms with Crippen molar-refractivity contribution in [2.75, 3.05) is 6.54 Å². The van der Waals surface area contributed by atoms with Crippen LogP contribution in [0.1, 0.15) is 49.5 Å². The molecule has 2 aromatic rings. The topological polar surface area (TPSA) is 84.1 Å². The number of rotatable bonds is 6. The summed E-state index contributed by atoms with van der Waals surface area (Å²) >= 11 is 0. The first-order chi connectivity index (χ1) is 12.1. The maximum absolute atomic E-state index is 12.3. The minimum atomic E-state index is -0.858. The molecule has 3 rings (SSSR count). The van der Waals surface area contributed by atoms with Crippen LogP contribution in [-0.4, -0.2) is 34.7 Å². The first kappa shape index (κ1) is 17.2. The smallest absolute Gasteiger partial charge is 0.360 e. The number of aromatic amines is 1. The van der Waals surface area contributed by atoms with Gasteiger partial charge >= 0.3 is 5.97 Å². The van der Waals surface area contributed by atoms with Crippen molar-refractivity contribution >= 4 is 22.8 Å². The molecule has 0 radical (unpaired) electrons. The predicted octanol–water partition coefficient (Wildman–Crippen LogP) is 3.11. The molecule has 6 heteroatoms. The molecule has 2 N–H and O–H groups in total. The number of fused-ring (bicyclic) bond motifs is 1. The van der Waals surface area contributed by atoms with Crippen molar-refractivity contribution in [3.8, 4) is 0 Å². The van der Waals surface area contributed by atoms with Crippen molar-refractivity contribution in [3.63, 3.8) is 0 Å². The van der Waals surface area contributed by atoms with E-state index < -0.39 is 12.1 Å².